The zero-order chi connectivity index (χ0) is 15.5. The van der Waals surface area contributed by atoms with Gasteiger partial charge in [0.05, 0.1) is 41.0 Å². The van der Waals surface area contributed by atoms with Crippen molar-refractivity contribution in [2.75, 3.05) is 41.0 Å². The van der Waals surface area contributed by atoms with Crippen LogP contribution in [0.15, 0.2) is 0 Å². The van der Waals surface area contributed by atoms with Gasteiger partial charge in [0.2, 0.25) is 0 Å². The van der Waals surface area contributed by atoms with E-state index in [0.29, 0.717) is 24.3 Å². The highest BCUT2D eigenvalue weighted by Crippen LogP contribution is 2.25. The predicted molar refractivity (Wildman–Crippen MR) is 83.3 cm³/mol. The largest absolute Gasteiger partial charge is 0.449 e. The molecule has 0 N–H and O–H groups in total. The molecule has 0 aromatic carbocycles. The van der Waals surface area contributed by atoms with Crippen LogP contribution in [0.2, 0.25) is 0 Å². The number of hydrogen-bond donors (Lipinski definition) is 0. The van der Waals surface area contributed by atoms with E-state index in [2.05, 4.69) is 41.9 Å². The van der Waals surface area contributed by atoms with Crippen molar-refractivity contribution in [3.05, 3.63) is 0 Å². The summed E-state index contributed by atoms with van der Waals surface area (Å²) < 4.78 is 18.7. The van der Waals surface area contributed by atoms with Gasteiger partial charge in [0.15, 0.2) is 0 Å². The highest BCUT2D eigenvalue weighted by Gasteiger charge is 2.48. The summed E-state index contributed by atoms with van der Waals surface area (Å²) in [6.45, 7) is 8.49. The van der Waals surface area contributed by atoms with E-state index in [9.17, 15) is 0 Å². The van der Waals surface area contributed by atoms with Crippen LogP contribution in [0.1, 0.15) is 59.3 Å². The number of rotatable bonds is 13. The average molecular weight is 290 g/mol. The smallest absolute Gasteiger partial charge is 0.278 e. The van der Waals surface area contributed by atoms with Crippen molar-refractivity contribution in [3.8, 4) is 0 Å². The maximum Gasteiger partial charge on any atom is 0.449 e. The summed E-state index contributed by atoms with van der Waals surface area (Å²) >= 11 is 0. The molecule has 0 aliphatic carbocycles. The molecule has 122 valence electrons. The first-order chi connectivity index (χ1) is 9.43. The molecule has 0 bridgehead atoms. The van der Waals surface area contributed by atoms with Gasteiger partial charge in [-0.3, -0.25) is 18.7 Å². The van der Waals surface area contributed by atoms with Gasteiger partial charge in [-0.05, 0) is 19.3 Å². The van der Waals surface area contributed by atoms with Crippen molar-refractivity contribution < 1.29 is 18.7 Å². The third-order valence-electron chi connectivity index (χ3n) is 3.17. The molecule has 0 aromatic rings. The summed E-state index contributed by atoms with van der Waals surface area (Å²) in [7, 11) is 6.18. The van der Waals surface area contributed by atoms with Crippen LogP contribution in [-0.4, -0.2) is 51.5 Å². The standard InChI is InChI=1S/C16H36NO3/c1-7-10-13-18-16(17(4,5)6,19-14-11-8-2)20-15-12-9-3/h7-15H2,1-6H3/q+1. The molecule has 0 fully saturated rings. The Kier molecular flexibility index (Phi) is 10.5. The van der Waals surface area contributed by atoms with Crippen LogP contribution in [-0.2, 0) is 14.2 Å². The van der Waals surface area contributed by atoms with Gasteiger partial charge in [-0.1, -0.05) is 40.0 Å². The van der Waals surface area contributed by atoms with Crippen LogP contribution in [0, 0.1) is 0 Å². The van der Waals surface area contributed by atoms with Crippen LogP contribution in [0.3, 0.4) is 0 Å². The number of ether oxygens (including phenoxy) is 3. The number of nitrogens with zero attached hydrogens (tertiary/aromatic N) is 1. The minimum Gasteiger partial charge on any atom is -0.278 e. The molecule has 20 heavy (non-hydrogen) atoms. The molecule has 0 aromatic heterocycles. The van der Waals surface area contributed by atoms with E-state index in [1.807, 2.05) is 0 Å². The van der Waals surface area contributed by atoms with Crippen LogP contribution < -0.4 is 0 Å². The fraction of sp³-hybridized carbons (Fsp3) is 1.00. The summed E-state index contributed by atoms with van der Waals surface area (Å²) in [6, 6.07) is 0. The number of quaternary nitrogens is 1. The van der Waals surface area contributed by atoms with Gasteiger partial charge in [-0.2, -0.15) is 0 Å². The maximum atomic E-state index is 6.06. The van der Waals surface area contributed by atoms with Gasteiger partial charge >= 0.3 is 6.10 Å². The van der Waals surface area contributed by atoms with Gasteiger partial charge in [0.25, 0.3) is 0 Å². The van der Waals surface area contributed by atoms with Gasteiger partial charge in [0, 0.05) is 0 Å². The minimum atomic E-state index is -0.973. The Morgan fingerprint density at radius 1 is 0.650 bits per heavy atom. The van der Waals surface area contributed by atoms with Crippen LogP contribution in [0.4, 0.5) is 0 Å². The van der Waals surface area contributed by atoms with E-state index in [0.717, 1.165) is 38.5 Å². The molecule has 0 saturated carbocycles. The number of hydrogen-bond acceptors (Lipinski definition) is 3. The van der Waals surface area contributed by atoms with Crippen LogP contribution in [0.25, 0.3) is 0 Å². The van der Waals surface area contributed by atoms with Crippen molar-refractivity contribution in [2.24, 2.45) is 0 Å². The fourth-order valence-electron chi connectivity index (χ4n) is 1.74. The Labute approximate surface area is 126 Å². The molecule has 0 saturated heterocycles. The lowest BCUT2D eigenvalue weighted by atomic mass is 10.3. The summed E-state index contributed by atoms with van der Waals surface area (Å²) in [5.41, 5.74) is 0. The van der Waals surface area contributed by atoms with E-state index in [1.165, 1.54) is 0 Å². The molecule has 0 amide bonds. The molecular weight excluding hydrogens is 254 g/mol. The summed E-state index contributed by atoms with van der Waals surface area (Å²) in [5.74, 6) is 0. The van der Waals surface area contributed by atoms with E-state index in [-0.39, 0.29) is 0 Å². The molecule has 0 rings (SSSR count). The molecule has 0 atom stereocenters. The second-order valence-electron chi connectivity index (χ2n) is 6.14. The third kappa shape index (κ3) is 7.02. The quantitative estimate of drug-likeness (QED) is 0.294. The summed E-state index contributed by atoms with van der Waals surface area (Å²) in [6.07, 6.45) is 5.42. The maximum absolute atomic E-state index is 6.06. The first-order valence-electron chi connectivity index (χ1n) is 8.16. The summed E-state index contributed by atoms with van der Waals surface area (Å²) in [4.78, 5) is 0. The Morgan fingerprint density at radius 2 is 0.950 bits per heavy atom. The third-order valence-corrected chi connectivity index (χ3v) is 3.17. The lowest BCUT2D eigenvalue weighted by Gasteiger charge is -2.42. The van der Waals surface area contributed by atoms with E-state index in [4.69, 9.17) is 14.2 Å². The van der Waals surface area contributed by atoms with Crippen molar-refractivity contribution >= 4 is 0 Å². The predicted octanol–water partition coefficient (Wildman–Crippen LogP) is 3.75. The Bertz CT molecular complexity index is 200. The fourth-order valence-corrected chi connectivity index (χ4v) is 1.74. The van der Waals surface area contributed by atoms with Gasteiger partial charge < -0.3 is 0 Å². The zero-order valence-electron chi connectivity index (χ0n) is 14.5. The van der Waals surface area contributed by atoms with Crippen LogP contribution in [0.5, 0.6) is 0 Å². The lowest BCUT2D eigenvalue weighted by molar-refractivity contribution is -1.01. The molecule has 4 nitrogen and oxygen atoms in total. The molecule has 0 unspecified atom stereocenters. The van der Waals surface area contributed by atoms with Crippen molar-refractivity contribution in [1.29, 1.82) is 0 Å². The van der Waals surface area contributed by atoms with E-state index >= 15 is 0 Å². The van der Waals surface area contributed by atoms with Crippen molar-refractivity contribution in [3.63, 3.8) is 0 Å². The van der Waals surface area contributed by atoms with Crippen molar-refractivity contribution in [2.45, 2.75) is 65.4 Å². The molecule has 4 heteroatoms. The van der Waals surface area contributed by atoms with Crippen molar-refractivity contribution in [1.82, 2.24) is 0 Å². The second kappa shape index (κ2) is 10.6. The first kappa shape index (κ1) is 19.8. The van der Waals surface area contributed by atoms with Crippen LogP contribution >= 0.6 is 0 Å². The molecule has 0 heterocycles. The first-order valence-corrected chi connectivity index (χ1v) is 8.16. The Hall–Kier alpha value is -0.160. The molecule has 0 aliphatic rings. The molecule has 0 spiro atoms. The molecule has 0 radical (unpaired) electrons. The Balaban J connectivity index is 4.77. The minimum absolute atomic E-state index is 0.490. The topological polar surface area (TPSA) is 27.7 Å². The van der Waals surface area contributed by atoms with Gasteiger partial charge in [-0.25, -0.2) is 0 Å². The highest BCUT2D eigenvalue weighted by atomic mass is 16.9. The average Bonchev–Trinajstić information content (AvgIpc) is 2.37. The Morgan fingerprint density at radius 3 is 1.15 bits per heavy atom. The normalized spacial score (nSPS) is 12.9. The molecular formula is C16H36NO3+. The monoisotopic (exact) mass is 290 g/mol. The van der Waals surface area contributed by atoms with E-state index in [1.54, 1.807) is 0 Å². The molecule has 0 aliphatic heterocycles. The van der Waals surface area contributed by atoms with Gasteiger partial charge in [0.1, 0.15) is 0 Å². The lowest BCUT2D eigenvalue weighted by Crippen LogP contribution is -2.62. The second-order valence-corrected chi connectivity index (χ2v) is 6.14. The summed E-state index contributed by atoms with van der Waals surface area (Å²) in [5, 5.41) is 0. The van der Waals surface area contributed by atoms with E-state index < -0.39 is 6.10 Å². The number of unbranched alkanes of at least 4 members (excludes halogenated alkanes) is 3. The highest BCUT2D eigenvalue weighted by molar-refractivity contribution is 4.47. The van der Waals surface area contributed by atoms with Gasteiger partial charge in [-0.15, -0.1) is 0 Å². The zero-order valence-corrected chi connectivity index (χ0v) is 14.5. The SMILES string of the molecule is CCCCOC(OCCCC)(OCCCC)[N+](C)(C)C.